The number of piperidine rings is 1. The highest BCUT2D eigenvalue weighted by Gasteiger charge is 2.23. The Morgan fingerprint density at radius 2 is 2.16 bits per heavy atom. The first kappa shape index (κ1) is 13.8. The molecule has 1 amide bonds. The van der Waals surface area contributed by atoms with Crippen LogP contribution in [0.4, 0.5) is 10.1 Å². The molecule has 0 bridgehead atoms. The summed E-state index contributed by atoms with van der Waals surface area (Å²) < 4.78 is 13.9. The molecule has 1 aromatic rings. The van der Waals surface area contributed by atoms with Crippen LogP contribution < -0.4 is 10.2 Å². The van der Waals surface area contributed by atoms with Gasteiger partial charge in [-0.25, -0.2) is 4.39 Å². The monoisotopic (exact) mass is 266 g/mol. The van der Waals surface area contributed by atoms with Gasteiger partial charge in [0.1, 0.15) is 5.82 Å². The van der Waals surface area contributed by atoms with E-state index in [2.05, 4.69) is 5.32 Å². The SMILES string of the molecule is CC(=O)NC1CCN(c2c(F)cccc2CO)CC1. The minimum atomic E-state index is -0.301. The number of hydrogen-bond acceptors (Lipinski definition) is 3. The smallest absolute Gasteiger partial charge is 0.217 e. The van der Waals surface area contributed by atoms with Crippen molar-refractivity contribution in [3.05, 3.63) is 29.6 Å². The predicted molar refractivity (Wildman–Crippen MR) is 71.4 cm³/mol. The van der Waals surface area contributed by atoms with E-state index >= 15 is 0 Å². The fourth-order valence-electron chi connectivity index (χ4n) is 2.58. The van der Waals surface area contributed by atoms with Crippen molar-refractivity contribution >= 4 is 11.6 Å². The molecule has 5 heteroatoms. The third-order valence-corrected chi connectivity index (χ3v) is 3.46. The maximum atomic E-state index is 13.9. The maximum absolute atomic E-state index is 13.9. The number of rotatable bonds is 3. The number of anilines is 1. The molecule has 0 saturated carbocycles. The average molecular weight is 266 g/mol. The summed E-state index contributed by atoms with van der Waals surface area (Å²) in [6.07, 6.45) is 1.58. The number of benzene rings is 1. The second kappa shape index (κ2) is 6.02. The van der Waals surface area contributed by atoms with E-state index in [9.17, 15) is 14.3 Å². The minimum absolute atomic E-state index is 0.0274. The number of nitrogens with zero attached hydrogens (tertiary/aromatic N) is 1. The van der Waals surface area contributed by atoms with E-state index in [1.165, 1.54) is 13.0 Å². The number of hydrogen-bond donors (Lipinski definition) is 2. The summed E-state index contributed by atoms with van der Waals surface area (Å²) in [6, 6.07) is 4.92. The number of aliphatic hydroxyl groups excluding tert-OH is 1. The average Bonchev–Trinajstić information content (AvgIpc) is 2.39. The number of nitrogens with one attached hydrogen (secondary N) is 1. The van der Waals surface area contributed by atoms with Crippen LogP contribution in [0, 0.1) is 5.82 Å². The molecule has 0 radical (unpaired) electrons. The van der Waals surface area contributed by atoms with Gasteiger partial charge in [0.2, 0.25) is 5.91 Å². The normalized spacial score (nSPS) is 16.5. The van der Waals surface area contributed by atoms with Crippen molar-refractivity contribution in [1.82, 2.24) is 5.32 Å². The van der Waals surface area contributed by atoms with E-state index in [0.29, 0.717) is 24.3 Å². The molecule has 1 aliphatic heterocycles. The van der Waals surface area contributed by atoms with E-state index in [0.717, 1.165) is 12.8 Å². The summed E-state index contributed by atoms with van der Waals surface area (Å²) in [5, 5.41) is 12.2. The van der Waals surface area contributed by atoms with Crippen LogP contribution in [0.2, 0.25) is 0 Å². The third-order valence-electron chi connectivity index (χ3n) is 3.46. The summed E-state index contributed by atoms with van der Waals surface area (Å²) in [5.74, 6) is -0.329. The van der Waals surface area contributed by atoms with E-state index in [-0.39, 0.29) is 24.4 Å². The van der Waals surface area contributed by atoms with Crippen LogP contribution >= 0.6 is 0 Å². The molecular formula is C14H19FN2O2. The Labute approximate surface area is 112 Å². The lowest BCUT2D eigenvalue weighted by atomic mass is 10.0. The first-order valence-electron chi connectivity index (χ1n) is 6.52. The second-order valence-electron chi connectivity index (χ2n) is 4.87. The van der Waals surface area contributed by atoms with Gasteiger partial charge in [0.15, 0.2) is 0 Å². The molecule has 4 nitrogen and oxygen atoms in total. The highest BCUT2D eigenvalue weighted by Crippen LogP contribution is 2.27. The molecule has 0 unspecified atom stereocenters. The quantitative estimate of drug-likeness (QED) is 0.870. The third kappa shape index (κ3) is 3.23. The van der Waals surface area contributed by atoms with Gasteiger partial charge in [-0.2, -0.15) is 0 Å². The first-order chi connectivity index (χ1) is 9.11. The van der Waals surface area contributed by atoms with Crippen molar-refractivity contribution in [2.75, 3.05) is 18.0 Å². The lowest BCUT2D eigenvalue weighted by molar-refractivity contribution is -0.119. The van der Waals surface area contributed by atoms with Gasteiger partial charge in [-0.1, -0.05) is 12.1 Å². The molecule has 0 spiro atoms. The van der Waals surface area contributed by atoms with Crippen LogP contribution in [-0.4, -0.2) is 30.1 Å². The Morgan fingerprint density at radius 1 is 1.47 bits per heavy atom. The highest BCUT2D eigenvalue weighted by molar-refractivity contribution is 5.73. The van der Waals surface area contributed by atoms with Crippen molar-refractivity contribution in [1.29, 1.82) is 0 Å². The zero-order valence-corrected chi connectivity index (χ0v) is 11.0. The molecule has 1 saturated heterocycles. The Bertz CT molecular complexity index is 457. The molecule has 0 aliphatic carbocycles. The van der Waals surface area contributed by atoms with Gasteiger partial charge in [0.25, 0.3) is 0 Å². The zero-order chi connectivity index (χ0) is 13.8. The highest BCUT2D eigenvalue weighted by atomic mass is 19.1. The number of aliphatic hydroxyl groups is 1. The van der Waals surface area contributed by atoms with Crippen LogP contribution in [-0.2, 0) is 11.4 Å². The summed E-state index contributed by atoms with van der Waals surface area (Å²) in [5.41, 5.74) is 1.10. The molecule has 0 aromatic heterocycles. The van der Waals surface area contributed by atoms with Gasteiger partial charge < -0.3 is 15.3 Å². The van der Waals surface area contributed by atoms with Crippen molar-refractivity contribution in [2.45, 2.75) is 32.4 Å². The molecule has 1 fully saturated rings. The molecule has 1 heterocycles. The van der Waals surface area contributed by atoms with Gasteiger partial charge >= 0.3 is 0 Å². The molecule has 2 N–H and O–H groups in total. The van der Waals surface area contributed by atoms with Gasteiger partial charge in [0, 0.05) is 31.6 Å². The minimum Gasteiger partial charge on any atom is -0.392 e. The molecule has 2 rings (SSSR count). The first-order valence-corrected chi connectivity index (χ1v) is 6.52. The van der Waals surface area contributed by atoms with Crippen molar-refractivity contribution in [2.24, 2.45) is 0 Å². The number of amides is 1. The fraction of sp³-hybridized carbons (Fsp3) is 0.500. The predicted octanol–water partition coefficient (Wildman–Crippen LogP) is 1.42. The van der Waals surface area contributed by atoms with E-state index < -0.39 is 0 Å². The number of carbonyl (C=O) groups is 1. The Balaban J connectivity index is 2.07. The van der Waals surface area contributed by atoms with Gasteiger partial charge in [-0.3, -0.25) is 4.79 Å². The number of halogens is 1. The largest absolute Gasteiger partial charge is 0.392 e. The molecule has 19 heavy (non-hydrogen) atoms. The van der Waals surface area contributed by atoms with Crippen LogP contribution in [0.15, 0.2) is 18.2 Å². The zero-order valence-electron chi connectivity index (χ0n) is 11.0. The maximum Gasteiger partial charge on any atom is 0.217 e. The Kier molecular flexibility index (Phi) is 4.37. The molecule has 0 atom stereocenters. The second-order valence-corrected chi connectivity index (χ2v) is 4.87. The summed E-state index contributed by atoms with van der Waals surface area (Å²) in [7, 11) is 0. The summed E-state index contributed by atoms with van der Waals surface area (Å²) in [6.45, 7) is 2.70. The number of para-hydroxylation sites is 1. The van der Waals surface area contributed by atoms with E-state index in [4.69, 9.17) is 0 Å². The molecular weight excluding hydrogens is 247 g/mol. The lowest BCUT2D eigenvalue weighted by Gasteiger charge is -2.35. The standard InChI is InChI=1S/C14H19FN2O2/c1-10(19)16-12-5-7-17(8-6-12)14-11(9-18)3-2-4-13(14)15/h2-4,12,18H,5-9H2,1H3,(H,16,19). The lowest BCUT2D eigenvalue weighted by Crippen LogP contribution is -2.44. The van der Waals surface area contributed by atoms with Crippen LogP contribution in [0.1, 0.15) is 25.3 Å². The summed E-state index contributed by atoms with van der Waals surface area (Å²) >= 11 is 0. The van der Waals surface area contributed by atoms with E-state index in [1.54, 1.807) is 12.1 Å². The molecule has 1 aromatic carbocycles. The van der Waals surface area contributed by atoms with Gasteiger partial charge in [0.05, 0.1) is 12.3 Å². The van der Waals surface area contributed by atoms with Crippen LogP contribution in [0.3, 0.4) is 0 Å². The number of carbonyl (C=O) groups excluding carboxylic acids is 1. The Hall–Kier alpha value is -1.62. The summed E-state index contributed by atoms with van der Waals surface area (Å²) in [4.78, 5) is 12.9. The van der Waals surface area contributed by atoms with Crippen LogP contribution in [0.25, 0.3) is 0 Å². The van der Waals surface area contributed by atoms with Crippen LogP contribution in [0.5, 0.6) is 0 Å². The van der Waals surface area contributed by atoms with Gasteiger partial charge in [-0.05, 0) is 18.9 Å². The van der Waals surface area contributed by atoms with Crippen molar-refractivity contribution < 1.29 is 14.3 Å². The van der Waals surface area contributed by atoms with Crippen molar-refractivity contribution in [3.63, 3.8) is 0 Å². The van der Waals surface area contributed by atoms with E-state index in [1.807, 2.05) is 4.90 Å². The molecule has 104 valence electrons. The Morgan fingerprint density at radius 3 is 2.74 bits per heavy atom. The van der Waals surface area contributed by atoms with Crippen molar-refractivity contribution in [3.8, 4) is 0 Å². The van der Waals surface area contributed by atoms with Gasteiger partial charge in [-0.15, -0.1) is 0 Å². The molecule has 1 aliphatic rings. The topological polar surface area (TPSA) is 52.6 Å². The fourth-order valence-corrected chi connectivity index (χ4v) is 2.58.